The lowest BCUT2D eigenvalue weighted by molar-refractivity contribution is 0.563. The van der Waals surface area contributed by atoms with Crippen molar-refractivity contribution in [3.05, 3.63) is 270 Å². The Morgan fingerprint density at radius 1 is 0.318 bits per heavy atom. The third kappa shape index (κ3) is 5.65. The molecule has 0 bridgehead atoms. The monoisotopic (exact) mass is 859 g/mol. The lowest BCUT2D eigenvalue weighted by atomic mass is 9.55. The minimum atomic E-state index is -0.429. The molecule has 0 N–H and O–H groups in total. The van der Waals surface area contributed by atoms with Crippen molar-refractivity contribution in [2.75, 3.05) is 4.90 Å². The molecule has 0 aliphatic heterocycles. The molecule has 0 unspecified atom stereocenters. The summed E-state index contributed by atoms with van der Waals surface area (Å²) in [4.78, 5) is 2.39. The summed E-state index contributed by atoms with van der Waals surface area (Å²) in [6, 6.07) is 88.0. The Bertz CT molecular complexity index is 3600. The van der Waals surface area contributed by atoms with Crippen LogP contribution in [0.4, 0.5) is 17.1 Å². The molecular weight excluding hydrogens is 815 g/mol. The fourth-order valence-electron chi connectivity index (χ4n) is 11.6. The van der Waals surface area contributed by atoms with Crippen molar-refractivity contribution < 1.29 is 0 Å². The molecule has 13 rings (SSSR count). The third-order valence-electron chi connectivity index (χ3n) is 14.6. The molecule has 1 heterocycles. The molecular formula is C64H45NS. The van der Waals surface area contributed by atoms with Crippen LogP contribution in [0.1, 0.15) is 47.2 Å². The molecule has 1 aromatic heterocycles. The van der Waals surface area contributed by atoms with Crippen molar-refractivity contribution >= 4 is 48.6 Å². The molecule has 0 fully saturated rings. The van der Waals surface area contributed by atoms with Gasteiger partial charge in [0.1, 0.15) is 0 Å². The van der Waals surface area contributed by atoms with Crippen molar-refractivity contribution in [1.29, 1.82) is 0 Å². The first kappa shape index (κ1) is 38.7. The highest BCUT2D eigenvalue weighted by Gasteiger charge is 2.53. The summed E-state index contributed by atoms with van der Waals surface area (Å²) in [7, 11) is 0. The second-order valence-corrected chi connectivity index (χ2v) is 19.4. The highest BCUT2D eigenvalue weighted by Crippen LogP contribution is 2.63. The number of fused-ring (bicyclic) bond motifs is 12. The van der Waals surface area contributed by atoms with Gasteiger partial charge < -0.3 is 4.90 Å². The van der Waals surface area contributed by atoms with Gasteiger partial charge in [0.2, 0.25) is 0 Å². The largest absolute Gasteiger partial charge is 0.311 e. The molecule has 0 radical (unpaired) electrons. The molecule has 11 aromatic rings. The fraction of sp³-hybridized carbons (Fsp3) is 0.0625. The highest BCUT2D eigenvalue weighted by molar-refractivity contribution is 7.26. The molecule has 0 saturated heterocycles. The minimum Gasteiger partial charge on any atom is -0.311 e. The lowest BCUT2D eigenvalue weighted by Crippen LogP contribution is -2.40. The van der Waals surface area contributed by atoms with E-state index >= 15 is 0 Å². The predicted molar refractivity (Wildman–Crippen MR) is 280 cm³/mol. The van der Waals surface area contributed by atoms with E-state index in [0.717, 1.165) is 17.1 Å². The first-order valence-corrected chi connectivity index (χ1v) is 23.8. The van der Waals surface area contributed by atoms with Gasteiger partial charge in [-0.25, -0.2) is 0 Å². The van der Waals surface area contributed by atoms with Crippen LogP contribution in [-0.4, -0.2) is 0 Å². The minimum absolute atomic E-state index is 0.134. The Hall–Kier alpha value is -7.78. The quantitative estimate of drug-likeness (QED) is 0.161. The van der Waals surface area contributed by atoms with Crippen molar-refractivity contribution in [3.8, 4) is 44.5 Å². The molecule has 1 spiro atoms. The van der Waals surface area contributed by atoms with Gasteiger partial charge in [0, 0.05) is 42.6 Å². The third-order valence-corrected chi connectivity index (χ3v) is 15.8. The maximum Gasteiger partial charge on any atom is 0.0719 e. The number of benzene rings is 10. The summed E-state index contributed by atoms with van der Waals surface area (Å²) in [6.07, 6.45) is 0. The zero-order valence-electron chi connectivity index (χ0n) is 36.9. The van der Waals surface area contributed by atoms with E-state index < -0.39 is 5.41 Å². The molecule has 2 heteroatoms. The van der Waals surface area contributed by atoms with Crippen molar-refractivity contribution in [3.63, 3.8) is 0 Å². The van der Waals surface area contributed by atoms with Crippen LogP contribution in [0.3, 0.4) is 0 Å². The number of nitrogens with zero attached hydrogens (tertiary/aromatic N) is 1. The number of thiophene rings is 1. The van der Waals surface area contributed by atoms with Crippen LogP contribution < -0.4 is 4.90 Å². The summed E-state index contributed by atoms with van der Waals surface area (Å²) >= 11 is 1.88. The zero-order chi connectivity index (χ0) is 44.0. The number of hydrogen-bond acceptors (Lipinski definition) is 2. The molecule has 2 aliphatic carbocycles. The van der Waals surface area contributed by atoms with Gasteiger partial charge in [0.05, 0.1) is 5.41 Å². The second kappa shape index (κ2) is 14.9. The summed E-state index contributed by atoms with van der Waals surface area (Å²) < 4.78 is 2.65. The van der Waals surface area contributed by atoms with Gasteiger partial charge in [-0.3, -0.25) is 0 Å². The second-order valence-electron chi connectivity index (χ2n) is 18.4. The van der Waals surface area contributed by atoms with E-state index in [9.17, 15) is 0 Å². The van der Waals surface area contributed by atoms with Crippen LogP contribution in [0.5, 0.6) is 0 Å². The van der Waals surface area contributed by atoms with E-state index in [0.29, 0.717) is 0 Å². The van der Waals surface area contributed by atoms with Gasteiger partial charge in [-0.15, -0.1) is 11.3 Å². The SMILES string of the molecule is CC1(C)c2ccccc2C2(c3ccccc3-c3c(-c4ccc(N(c5ccc(-c6ccccc6)cc5)c5ccc(-c6cccc7c6sc6ccccc67)cc5)cc4)cccc32)c2ccccc21. The summed E-state index contributed by atoms with van der Waals surface area (Å²) in [5, 5.41) is 2.64. The lowest BCUT2D eigenvalue weighted by Gasteiger charge is -2.46. The predicted octanol–water partition coefficient (Wildman–Crippen LogP) is 17.5. The topological polar surface area (TPSA) is 3.24 Å². The Morgan fingerprint density at radius 2 is 0.758 bits per heavy atom. The van der Waals surface area contributed by atoms with Crippen LogP contribution in [0.25, 0.3) is 64.7 Å². The van der Waals surface area contributed by atoms with Crippen LogP contribution in [-0.2, 0) is 10.8 Å². The van der Waals surface area contributed by atoms with E-state index in [1.807, 2.05) is 11.3 Å². The molecule has 1 nitrogen and oxygen atoms in total. The summed E-state index contributed by atoms with van der Waals surface area (Å²) in [6.45, 7) is 4.78. The number of rotatable bonds is 6. The van der Waals surface area contributed by atoms with Crippen molar-refractivity contribution in [1.82, 2.24) is 0 Å². The van der Waals surface area contributed by atoms with E-state index in [-0.39, 0.29) is 5.41 Å². The van der Waals surface area contributed by atoms with E-state index in [1.54, 1.807) is 0 Å². The molecule has 0 saturated carbocycles. The maximum absolute atomic E-state index is 2.39. The first-order valence-electron chi connectivity index (χ1n) is 23.0. The van der Waals surface area contributed by atoms with Crippen molar-refractivity contribution in [2.24, 2.45) is 0 Å². The van der Waals surface area contributed by atoms with Crippen LogP contribution in [0, 0.1) is 0 Å². The molecule has 0 atom stereocenters. The number of hydrogen-bond donors (Lipinski definition) is 0. The molecule has 10 aromatic carbocycles. The van der Waals surface area contributed by atoms with Crippen LogP contribution >= 0.6 is 11.3 Å². The van der Waals surface area contributed by atoms with Gasteiger partial charge >= 0.3 is 0 Å². The van der Waals surface area contributed by atoms with Gasteiger partial charge in [0.15, 0.2) is 0 Å². The average Bonchev–Trinajstić information content (AvgIpc) is 3.91. The molecule has 312 valence electrons. The first-order chi connectivity index (χ1) is 32.5. The smallest absolute Gasteiger partial charge is 0.0719 e. The van der Waals surface area contributed by atoms with Gasteiger partial charge in [-0.05, 0) is 120 Å². The Kier molecular flexibility index (Phi) is 8.72. The van der Waals surface area contributed by atoms with Crippen molar-refractivity contribution in [2.45, 2.75) is 24.7 Å². The fourth-order valence-corrected chi connectivity index (χ4v) is 12.8. The summed E-state index contributed by atoms with van der Waals surface area (Å²) in [5.74, 6) is 0. The van der Waals surface area contributed by atoms with E-state index in [2.05, 4.69) is 255 Å². The van der Waals surface area contributed by atoms with E-state index in [4.69, 9.17) is 0 Å². The molecule has 66 heavy (non-hydrogen) atoms. The molecule has 0 amide bonds. The Balaban J connectivity index is 0.937. The van der Waals surface area contributed by atoms with Crippen LogP contribution in [0.2, 0.25) is 0 Å². The van der Waals surface area contributed by atoms with Gasteiger partial charge in [-0.1, -0.05) is 208 Å². The zero-order valence-corrected chi connectivity index (χ0v) is 37.7. The Labute approximate surface area is 390 Å². The van der Waals surface area contributed by atoms with Gasteiger partial charge in [0.25, 0.3) is 0 Å². The number of anilines is 3. The molecule has 2 aliphatic rings. The van der Waals surface area contributed by atoms with Crippen LogP contribution in [0.15, 0.2) is 237 Å². The Morgan fingerprint density at radius 3 is 1.41 bits per heavy atom. The maximum atomic E-state index is 2.39. The highest BCUT2D eigenvalue weighted by atomic mass is 32.1. The van der Waals surface area contributed by atoms with E-state index in [1.165, 1.54) is 98.1 Å². The normalized spacial score (nSPS) is 13.8. The van der Waals surface area contributed by atoms with Gasteiger partial charge in [-0.2, -0.15) is 0 Å². The standard InChI is InChI=1S/C64H45NS/c1-63(2)55-24-9-11-26-57(55)64(58-27-12-10-25-56(58)63)54-23-8-6-19-53(54)61-49(20-15-28-59(61)64)44-32-38-47(39-33-44)65(46-36-30-43(31-37-46)42-16-4-3-5-17-42)48-40-34-45(35-41-48)50-21-14-22-52-51-18-7-13-29-60(51)66-62(50)52/h3-41H,1-2H3. The average molecular weight is 860 g/mol. The summed E-state index contributed by atoms with van der Waals surface area (Å²) in [5.41, 5.74) is 21.0.